The van der Waals surface area contributed by atoms with Crippen molar-refractivity contribution < 1.29 is 13.2 Å². The van der Waals surface area contributed by atoms with Crippen molar-refractivity contribution in [2.45, 2.75) is 13.1 Å². The molecule has 0 N–H and O–H groups in total. The predicted molar refractivity (Wildman–Crippen MR) is 41.8 cm³/mol. The Bertz CT molecular complexity index is 337. The summed E-state index contributed by atoms with van der Waals surface area (Å²) in [6.07, 6.45) is -4.56. The first-order chi connectivity index (χ1) is 5.82. The van der Waals surface area contributed by atoms with E-state index in [1.165, 1.54) is 6.92 Å². The number of alkyl halides is 3. The van der Waals surface area contributed by atoms with E-state index in [-0.39, 0.29) is 10.7 Å². The van der Waals surface area contributed by atoms with Crippen LogP contribution in [-0.2, 0) is 6.18 Å². The van der Waals surface area contributed by atoms with Crippen molar-refractivity contribution in [1.82, 2.24) is 9.97 Å². The molecule has 0 spiro atoms. The number of aromatic nitrogens is 2. The van der Waals surface area contributed by atoms with Gasteiger partial charge in [0.2, 0.25) is 5.28 Å². The minimum absolute atomic E-state index is 0.224. The molecule has 0 atom stereocenters. The van der Waals surface area contributed by atoms with Crippen molar-refractivity contribution in [3.63, 3.8) is 0 Å². The van der Waals surface area contributed by atoms with E-state index in [1.807, 2.05) is 0 Å². The lowest BCUT2D eigenvalue weighted by atomic mass is 10.2. The molecule has 1 aromatic heterocycles. The summed E-state index contributed by atoms with van der Waals surface area (Å²) in [5.74, 6) is 0. The molecule has 0 amide bonds. The van der Waals surface area contributed by atoms with Gasteiger partial charge in [-0.05, 0) is 18.5 Å². The van der Waals surface area contributed by atoms with Crippen LogP contribution in [0.1, 0.15) is 11.3 Å². The highest BCUT2D eigenvalue weighted by molar-refractivity contribution is 6.32. The molecule has 0 unspecified atom stereocenters. The Morgan fingerprint density at radius 3 is 2.15 bits per heavy atom. The Labute approximate surface area is 81.7 Å². The second kappa shape index (κ2) is 3.31. The van der Waals surface area contributed by atoms with Crippen molar-refractivity contribution in [3.05, 3.63) is 21.7 Å². The van der Waals surface area contributed by atoms with Crippen LogP contribution < -0.4 is 0 Å². The van der Waals surface area contributed by atoms with Gasteiger partial charge in [-0.15, -0.1) is 0 Å². The summed E-state index contributed by atoms with van der Waals surface area (Å²) in [6, 6.07) is 0. The van der Waals surface area contributed by atoms with Gasteiger partial charge in [0.15, 0.2) is 5.69 Å². The van der Waals surface area contributed by atoms with Crippen molar-refractivity contribution in [2.24, 2.45) is 0 Å². The Morgan fingerprint density at radius 1 is 1.15 bits per heavy atom. The predicted octanol–water partition coefficient (Wildman–Crippen LogP) is 3.11. The highest BCUT2D eigenvalue weighted by atomic mass is 35.5. The van der Waals surface area contributed by atoms with Crippen LogP contribution in [0.4, 0.5) is 13.2 Å². The van der Waals surface area contributed by atoms with Crippen LogP contribution in [-0.4, -0.2) is 9.97 Å². The van der Waals surface area contributed by atoms with Gasteiger partial charge < -0.3 is 0 Å². The van der Waals surface area contributed by atoms with Gasteiger partial charge in [0.05, 0.1) is 0 Å². The summed E-state index contributed by atoms with van der Waals surface area (Å²) in [4.78, 5) is 6.42. The topological polar surface area (TPSA) is 25.8 Å². The molecule has 1 rings (SSSR count). The fourth-order valence-corrected chi connectivity index (χ4v) is 1.12. The maximum Gasteiger partial charge on any atom is 0.433 e. The van der Waals surface area contributed by atoms with Gasteiger partial charge in [0.1, 0.15) is 5.15 Å². The molecule has 0 radical (unpaired) electrons. The van der Waals surface area contributed by atoms with Crippen LogP contribution in [0.5, 0.6) is 0 Å². The van der Waals surface area contributed by atoms with Crippen molar-refractivity contribution in [2.75, 3.05) is 0 Å². The van der Waals surface area contributed by atoms with Gasteiger partial charge in [0.25, 0.3) is 0 Å². The first-order valence-electron chi connectivity index (χ1n) is 3.09. The molecule has 72 valence electrons. The zero-order valence-corrected chi connectivity index (χ0v) is 7.80. The zero-order valence-electron chi connectivity index (χ0n) is 6.28. The molecule has 0 saturated carbocycles. The van der Waals surface area contributed by atoms with Crippen molar-refractivity contribution in [3.8, 4) is 0 Å². The second-order valence-electron chi connectivity index (χ2n) is 2.25. The molecule has 0 aliphatic heterocycles. The first-order valence-corrected chi connectivity index (χ1v) is 3.85. The molecule has 7 heteroatoms. The normalized spacial score (nSPS) is 11.8. The standard InChI is InChI=1S/C6H3Cl2F3N2/c1-2-3(6(9,10)11)12-5(8)13-4(2)7/h1H3. The maximum absolute atomic E-state index is 12.2. The van der Waals surface area contributed by atoms with Gasteiger partial charge in [-0.1, -0.05) is 11.6 Å². The maximum atomic E-state index is 12.2. The van der Waals surface area contributed by atoms with Gasteiger partial charge in [-0.3, -0.25) is 0 Å². The average molecular weight is 231 g/mol. The smallest absolute Gasteiger partial charge is 0.213 e. The van der Waals surface area contributed by atoms with Crippen LogP contribution in [0.3, 0.4) is 0 Å². The highest BCUT2D eigenvalue weighted by Crippen LogP contribution is 2.32. The molecule has 2 nitrogen and oxygen atoms in total. The first kappa shape index (κ1) is 10.5. The lowest BCUT2D eigenvalue weighted by molar-refractivity contribution is -0.141. The molecule has 0 fully saturated rings. The largest absolute Gasteiger partial charge is 0.433 e. The van der Waals surface area contributed by atoms with Crippen molar-refractivity contribution in [1.29, 1.82) is 0 Å². The highest BCUT2D eigenvalue weighted by Gasteiger charge is 2.35. The molecule has 1 aromatic rings. The Hall–Kier alpha value is -0.550. The minimum Gasteiger partial charge on any atom is -0.213 e. The van der Waals surface area contributed by atoms with E-state index in [1.54, 1.807) is 0 Å². The van der Waals surface area contributed by atoms with E-state index < -0.39 is 17.2 Å². The van der Waals surface area contributed by atoms with Gasteiger partial charge in [-0.25, -0.2) is 9.97 Å². The van der Waals surface area contributed by atoms with Gasteiger partial charge >= 0.3 is 6.18 Å². The van der Waals surface area contributed by atoms with Gasteiger partial charge in [-0.2, -0.15) is 13.2 Å². The molecule has 13 heavy (non-hydrogen) atoms. The molecular weight excluding hydrogens is 228 g/mol. The SMILES string of the molecule is Cc1c(Cl)nc(Cl)nc1C(F)(F)F. The van der Waals surface area contributed by atoms with E-state index in [0.717, 1.165) is 0 Å². The van der Waals surface area contributed by atoms with Crippen molar-refractivity contribution >= 4 is 23.2 Å². The van der Waals surface area contributed by atoms with Crippen LogP contribution in [0, 0.1) is 6.92 Å². The third-order valence-corrected chi connectivity index (χ3v) is 1.86. The minimum atomic E-state index is -4.56. The number of rotatable bonds is 0. The molecule has 1 heterocycles. The second-order valence-corrected chi connectivity index (χ2v) is 2.95. The quantitative estimate of drug-likeness (QED) is 0.506. The Kier molecular flexibility index (Phi) is 2.68. The van der Waals surface area contributed by atoms with E-state index >= 15 is 0 Å². The third kappa shape index (κ3) is 2.22. The van der Waals surface area contributed by atoms with E-state index in [4.69, 9.17) is 23.2 Å². The fraction of sp³-hybridized carbons (Fsp3) is 0.333. The molecule has 0 aromatic carbocycles. The summed E-state index contributed by atoms with van der Waals surface area (Å²) in [5.41, 5.74) is -1.32. The lowest BCUT2D eigenvalue weighted by Crippen LogP contribution is -2.11. The number of halogens is 5. The molecule has 0 bridgehead atoms. The van der Waals surface area contributed by atoms with Crippen LogP contribution in [0.25, 0.3) is 0 Å². The number of nitrogens with zero attached hydrogens (tertiary/aromatic N) is 2. The summed E-state index contributed by atoms with van der Waals surface area (Å²) < 4.78 is 36.6. The summed E-state index contributed by atoms with van der Waals surface area (Å²) in [5, 5.41) is -0.796. The number of hydrogen-bond donors (Lipinski definition) is 0. The molecule has 0 aliphatic rings. The third-order valence-electron chi connectivity index (χ3n) is 1.33. The van der Waals surface area contributed by atoms with Crippen LogP contribution in [0.2, 0.25) is 10.4 Å². The fourth-order valence-electron chi connectivity index (χ4n) is 0.740. The molecule has 0 aliphatic carbocycles. The number of hydrogen-bond acceptors (Lipinski definition) is 2. The van der Waals surface area contributed by atoms with E-state index in [0.29, 0.717) is 0 Å². The molecule has 0 saturated heterocycles. The zero-order chi connectivity index (χ0) is 10.2. The summed E-state index contributed by atoms with van der Waals surface area (Å²) in [6.45, 7) is 1.18. The monoisotopic (exact) mass is 230 g/mol. The van der Waals surface area contributed by atoms with E-state index in [9.17, 15) is 13.2 Å². The Balaban J connectivity index is 3.37. The average Bonchev–Trinajstić information content (AvgIpc) is 1.94. The lowest BCUT2D eigenvalue weighted by Gasteiger charge is -2.09. The van der Waals surface area contributed by atoms with Crippen LogP contribution in [0.15, 0.2) is 0 Å². The molecular formula is C6H3Cl2F3N2. The van der Waals surface area contributed by atoms with E-state index in [2.05, 4.69) is 9.97 Å². The van der Waals surface area contributed by atoms with Gasteiger partial charge in [0, 0.05) is 5.56 Å². The summed E-state index contributed by atoms with van der Waals surface area (Å²) >= 11 is 10.6. The van der Waals surface area contributed by atoms with Crippen LogP contribution >= 0.6 is 23.2 Å². The summed E-state index contributed by atoms with van der Waals surface area (Å²) in [7, 11) is 0. The Morgan fingerprint density at radius 2 is 1.69 bits per heavy atom.